The molecule has 0 saturated carbocycles. The minimum atomic E-state index is -0.174. The summed E-state index contributed by atoms with van der Waals surface area (Å²) in [5, 5.41) is 3.43. The number of benzene rings is 2. The Morgan fingerprint density at radius 3 is 2.61 bits per heavy atom. The van der Waals surface area contributed by atoms with Gasteiger partial charge in [0.1, 0.15) is 12.4 Å². The summed E-state index contributed by atoms with van der Waals surface area (Å²) >= 11 is 1.45. The summed E-state index contributed by atoms with van der Waals surface area (Å²) in [4.78, 5) is 17.7. The third-order valence-corrected chi connectivity index (χ3v) is 4.07. The Morgan fingerprint density at radius 2 is 1.87 bits per heavy atom. The largest absolute Gasteiger partial charge is 0.489 e. The molecule has 1 amide bonds. The number of aryl methyl sites for hydroxylation is 1. The summed E-state index contributed by atoms with van der Waals surface area (Å²) in [6, 6.07) is 17.0. The van der Waals surface area contributed by atoms with Crippen LogP contribution in [0.5, 0.6) is 5.75 Å². The van der Waals surface area contributed by atoms with E-state index in [1.807, 2.05) is 55.5 Å². The number of hydrogen-bond acceptors (Lipinski definition) is 4. The first-order chi connectivity index (χ1) is 11.2. The summed E-state index contributed by atoms with van der Waals surface area (Å²) < 4.78 is 5.74. The topological polar surface area (TPSA) is 51.2 Å². The minimum absolute atomic E-state index is 0.174. The number of ether oxygens (including phenoxy) is 1. The van der Waals surface area contributed by atoms with E-state index in [1.54, 1.807) is 12.3 Å². The van der Waals surface area contributed by atoms with Crippen LogP contribution < -0.4 is 10.1 Å². The average Bonchev–Trinajstić information content (AvgIpc) is 2.99. The number of rotatable bonds is 5. The van der Waals surface area contributed by atoms with Gasteiger partial charge in [0.15, 0.2) is 5.13 Å². The highest BCUT2D eigenvalue weighted by molar-refractivity contribution is 7.15. The fourth-order valence-electron chi connectivity index (χ4n) is 2.12. The molecule has 0 spiro atoms. The SMILES string of the molecule is Cc1cnc(NC(=O)c2ccccc2COc2ccccc2)s1. The van der Waals surface area contributed by atoms with Gasteiger partial charge < -0.3 is 4.74 Å². The number of carbonyl (C=O) groups is 1. The summed E-state index contributed by atoms with van der Waals surface area (Å²) in [5.74, 6) is 0.602. The van der Waals surface area contributed by atoms with Gasteiger partial charge in [-0.15, -0.1) is 11.3 Å². The molecule has 0 unspecified atom stereocenters. The molecule has 116 valence electrons. The number of thiazole rings is 1. The zero-order chi connectivity index (χ0) is 16.1. The Balaban J connectivity index is 1.73. The molecule has 0 aliphatic heterocycles. The number of para-hydroxylation sites is 1. The molecule has 0 radical (unpaired) electrons. The van der Waals surface area contributed by atoms with Gasteiger partial charge in [-0.1, -0.05) is 36.4 Å². The lowest BCUT2D eigenvalue weighted by atomic mass is 10.1. The summed E-state index contributed by atoms with van der Waals surface area (Å²) in [7, 11) is 0. The van der Waals surface area contributed by atoms with Crippen molar-refractivity contribution in [3.05, 3.63) is 76.8 Å². The molecule has 1 N–H and O–H groups in total. The molecule has 1 heterocycles. The molecule has 0 fully saturated rings. The molecule has 23 heavy (non-hydrogen) atoms. The minimum Gasteiger partial charge on any atom is -0.489 e. The molecule has 2 aromatic carbocycles. The lowest BCUT2D eigenvalue weighted by Gasteiger charge is -2.10. The highest BCUT2D eigenvalue weighted by atomic mass is 32.1. The fourth-order valence-corrected chi connectivity index (χ4v) is 2.78. The molecule has 3 aromatic rings. The van der Waals surface area contributed by atoms with E-state index in [9.17, 15) is 4.79 Å². The maximum Gasteiger partial charge on any atom is 0.257 e. The first-order valence-corrected chi connectivity index (χ1v) is 8.03. The highest BCUT2D eigenvalue weighted by Crippen LogP contribution is 2.19. The Labute approximate surface area is 138 Å². The van der Waals surface area contributed by atoms with Crippen LogP contribution in [0.25, 0.3) is 0 Å². The Bertz CT molecular complexity index is 800. The summed E-state index contributed by atoms with van der Waals surface area (Å²) in [6.07, 6.45) is 1.74. The van der Waals surface area contributed by atoms with E-state index in [2.05, 4.69) is 10.3 Å². The maximum atomic E-state index is 12.5. The predicted molar refractivity (Wildman–Crippen MR) is 92.0 cm³/mol. The second kappa shape index (κ2) is 7.07. The first-order valence-electron chi connectivity index (χ1n) is 7.22. The molecule has 0 aliphatic rings. The van der Waals surface area contributed by atoms with Gasteiger partial charge >= 0.3 is 0 Å². The van der Waals surface area contributed by atoms with E-state index in [0.29, 0.717) is 17.3 Å². The van der Waals surface area contributed by atoms with Gasteiger partial charge in [0.25, 0.3) is 5.91 Å². The maximum absolute atomic E-state index is 12.5. The van der Waals surface area contributed by atoms with Crippen LogP contribution in [0.2, 0.25) is 0 Å². The van der Waals surface area contributed by atoms with Crippen molar-refractivity contribution in [2.45, 2.75) is 13.5 Å². The van der Waals surface area contributed by atoms with Gasteiger partial charge in [-0.2, -0.15) is 0 Å². The van der Waals surface area contributed by atoms with E-state index in [1.165, 1.54) is 11.3 Å². The van der Waals surface area contributed by atoms with Crippen LogP contribution in [-0.4, -0.2) is 10.9 Å². The van der Waals surface area contributed by atoms with Crippen LogP contribution in [-0.2, 0) is 6.61 Å². The van der Waals surface area contributed by atoms with Crippen molar-refractivity contribution in [2.24, 2.45) is 0 Å². The fraction of sp³-hybridized carbons (Fsp3) is 0.111. The predicted octanol–water partition coefficient (Wildman–Crippen LogP) is 4.28. The number of carbonyl (C=O) groups excluding carboxylic acids is 1. The molecular formula is C18H16N2O2S. The van der Waals surface area contributed by atoms with Crippen molar-refractivity contribution in [1.29, 1.82) is 0 Å². The Kier molecular flexibility index (Phi) is 4.68. The number of aromatic nitrogens is 1. The average molecular weight is 324 g/mol. The summed E-state index contributed by atoms with van der Waals surface area (Å²) in [6.45, 7) is 2.29. The van der Waals surface area contributed by atoms with E-state index in [-0.39, 0.29) is 5.91 Å². The van der Waals surface area contributed by atoms with Gasteiger partial charge in [0.05, 0.1) is 0 Å². The lowest BCUT2D eigenvalue weighted by molar-refractivity contribution is 0.102. The molecule has 0 aliphatic carbocycles. The van der Waals surface area contributed by atoms with Crippen molar-refractivity contribution in [2.75, 3.05) is 5.32 Å². The Morgan fingerprint density at radius 1 is 1.13 bits per heavy atom. The van der Waals surface area contributed by atoms with Gasteiger partial charge in [-0.05, 0) is 25.1 Å². The van der Waals surface area contributed by atoms with Crippen molar-refractivity contribution in [1.82, 2.24) is 4.98 Å². The van der Waals surface area contributed by atoms with Crippen molar-refractivity contribution in [3.63, 3.8) is 0 Å². The second-order valence-corrected chi connectivity index (χ2v) is 6.22. The van der Waals surface area contributed by atoms with Crippen molar-refractivity contribution < 1.29 is 9.53 Å². The van der Waals surface area contributed by atoms with E-state index >= 15 is 0 Å². The first kappa shape index (κ1) is 15.2. The van der Waals surface area contributed by atoms with Crippen LogP contribution in [0, 0.1) is 6.92 Å². The van der Waals surface area contributed by atoms with Crippen LogP contribution in [0.3, 0.4) is 0 Å². The highest BCUT2D eigenvalue weighted by Gasteiger charge is 2.13. The van der Waals surface area contributed by atoms with Gasteiger partial charge in [0.2, 0.25) is 0 Å². The number of hydrogen-bond donors (Lipinski definition) is 1. The van der Waals surface area contributed by atoms with Gasteiger partial charge in [-0.3, -0.25) is 10.1 Å². The van der Waals surface area contributed by atoms with E-state index < -0.39 is 0 Å². The molecule has 5 heteroatoms. The molecule has 4 nitrogen and oxygen atoms in total. The number of anilines is 1. The van der Waals surface area contributed by atoms with E-state index in [4.69, 9.17) is 4.74 Å². The zero-order valence-electron chi connectivity index (χ0n) is 12.7. The molecule has 0 bridgehead atoms. The molecule has 1 aromatic heterocycles. The van der Waals surface area contributed by atoms with Gasteiger partial charge in [0, 0.05) is 22.2 Å². The third-order valence-electron chi connectivity index (χ3n) is 3.24. The molecule has 0 saturated heterocycles. The summed E-state index contributed by atoms with van der Waals surface area (Å²) in [5.41, 5.74) is 1.43. The second-order valence-electron chi connectivity index (χ2n) is 4.99. The molecular weight excluding hydrogens is 308 g/mol. The quantitative estimate of drug-likeness (QED) is 0.762. The zero-order valence-corrected chi connectivity index (χ0v) is 13.5. The number of amides is 1. The Hall–Kier alpha value is -2.66. The van der Waals surface area contributed by atoms with Crippen molar-refractivity contribution in [3.8, 4) is 5.75 Å². The van der Waals surface area contributed by atoms with Crippen LogP contribution in [0.1, 0.15) is 20.8 Å². The normalized spacial score (nSPS) is 10.3. The smallest absolute Gasteiger partial charge is 0.257 e. The van der Waals surface area contributed by atoms with Crippen LogP contribution >= 0.6 is 11.3 Å². The monoisotopic (exact) mass is 324 g/mol. The molecule has 0 atom stereocenters. The van der Waals surface area contributed by atoms with Crippen LogP contribution in [0.15, 0.2) is 60.8 Å². The van der Waals surface area contributed by atoms with Crippen LogP contribution in [0.4, 0.5) is 5.13 Å². The number of nitrogens with zero attached hydrogens (tertiary/aromatic N) is 1. The number of nitrogens with one attached hydrogen (secondary N) is 1. The standard InChI is InChI=1S/C18H16N2O2S/c1-13-11-19-18(23-13)20-17(21)16-10-6-5-7-14(16)12-22-15-8-3-2-4-9-15/h2-11H,12H2,1H3,(H,19,20,21). The molecule has 3 rings (SSSR count). The van der Waals surface area contributed by atoms with Crippen molar-refractivity contribution >= 4 is 22.4 Å². The van der Waals surface area contributed by atoms with Gasteiger partial charge in [-0.25, -0.2) is 4.98 Å². The third kappa shape index (κ3) is 3.96. The lowest BCUT2D eigenvalue weighted by Crippen LogP contribution is -2.15. The van der Waals surface area contributed by atoms with E-state index in [0.717, 1.165) is 16.2 Å².